The molecule has 0 bridgehead atoms. The monoisotopic (exact) mass is 498 g/mol. The number of aromatic nitrogens is 2. The standard InChI is InChI=1S/C23H23BrN4O2S/c1-15(2)13-27-22(30)18-12-17(24)8-9-20(18)25-23(27)31-14-21(29)28-11-10-19(26-28)16-6-4-3-5-7-16/h3-9,12,15H,10-11,13-14H2,1-2H3. The molecular weight excluding hydrogens is 476 g/mol. The Bertz CT molecular complexity index is 1210. The molecule has 160 valence electrons. The summed E-state index contributed by atoms with van der Waals surface area (Å²) in [6.07, 6.45) is 0.738. The molecule has 0 saturated heterocycles. The summed E-state index contributed by atoms with van der Waals surface area (Å²) in [4.78, 5) is 30.6. The van der Waals surface area contributed by atoms with Crippen LogP contribution in [0.1, 0.15) is 25.8 Å². The van der Waals surface area contributed by atoms with Crippen molar-refractivity contribution in [3.05, 3.63) is 68.9 Å². The predicted molar refractivity (Wildman–Crippen MR) is 129 cm³/mol. The summed E-state index contributed by atoms with van der Waals surface area (Å²) in [7, 11) is 0. The Balaban J connectivity index is 1.56. The summed E-state index contributed by atoms with van der Waals surface area (Å²) in [5.41, 5.74) is 2.51. The molecule has 0 N–H and O–H groups in total. The second kappa shape index (κ2) is 9.36. The molecule has 0 saturated carbocycles. The lowest BCUT2D eigenvalue weighted by atomic mass is 10.1. The van der Waals surface area contributed by atoms with E-state index in [2.05, 4.69) is 39.9 Å². The summed E-state index contributed by atoms with van der Waals surface area (Å²) >= 11 is 4.72. The van der Waals surface area contributed by atoms with E-state index in [1.165, 1.54) is 16.8 Å². The van der Waals surface area contributed by atoms with Crippen LogP contribution >= 0.6 is 27.7 Å². The highest BCUT2D eigenvalue weighted by Gasteiger charge is 2.22. The van der Waals surface area contributed by atoms with Gasteiger partial charge >= 0.3 is 0 Å². The number of benzene rings is 2. The van der Waals surface area contributed by atoms with E-state index in [-0.39, 0.29) is 23.1 Å². The number of halogens is 1. The van der Waals surface area contributed by atoms with Crippen LogP contribution < -0.4 is 5.56 Å². The summed E-state index contributed by atoms with van der Waals surface area (Å²) in [5, 5.41) is 7.17. The van der Waals surface area contributed by atoms with Crippen LogP contribution in [0.15, 0.2) is 68.1 Å². The minimum absolute atomic E-state index is 0.0829. The minimum atomic E-state index is -0.0859. The molecule has 0 radical (unpaired) electrons. The normalized spacial score (nSPS) is 13.8. The Hall–Kier alpha value is -2.45. The van der Waals surface area contributed by atoms with Crippen molar-refractivity contribution in [1.29, 1.82) is 0 Å². The maximum atomic E-state index is 13.1. The summed E-state index contributed by atoms with van der Waals surface area (Å²) in [6, 6.07) is 15.4. The van der Waals surface area contributed by atoms with Gasteiger partial charge in [-0.2, -0.15) is 5.10 Å². The Morgan fingerprint density at radius 3 is 2.71 bits per heavy atom. The van der Waals surface area contributed by atoms with Crippen LogP contribution in [0.3, 0.4) is 0 Å². The molecule has 0 fully saturated rings. The molecule has 8 heteroatoms. The summed E-state index contributed by atoms with van der Waals surface area (Å²) in [6.45, 7) is 5.23. The Morgan fingerprint density at radius 2 is 1.97 bits per heavy atom. The number of hydrogen-bond donors (Lipinski definition) is 0. The van der Waals surface area contributed by atoms with E-state index in [1.807, 2.05) is 42.5 Å². The van der Waals surface area contributed by atoms with Crippen LogP contribution in [0.5, 0.6) is 0 Å². The number of hydrazone groups is 1. The number of amides is 1. The van der Waals surface area contributed by atoms with Crippen molar-refractivity contribution in [3.8, 4) is 0 Å². The van der Waals surface area contributed by atoms with Gasteiger partial charge in [0.15, 0.2) is 5.16 Å². The Labute approximate surface area is 193 Å². The fourth-order valence-electron chi connectivity index (χ4n) is 3.48. The van der Waals surface area contributed by atoms with E-state index in [0.717, 1.165) is 22.2 Å². The Kier molecular flexibility index (Phi) is 6.57. The molecule has 0 atom stereocenters. The topological polar surface area (TPSA) is 67.6 Å². The lowest BCUT2D eigenvalue weighted by Gasteiger charge is -2.16. The van der Waals surface area contributed by atoms with E-state index in [1.54, 1.807) is 10.6 Å². The third-order valence-electron chi connectivity index (χ3n) is 4.95. The first-order valence-corrected chi connectivity index (χ1v) is 12.0. The highest BCUT2D eigenvalue weighted by atomic mass is 79.9. The molecule has 2 heterocycles. The molecule has 1 aliphatic heterocycles. The molecular formula is C23H23BrN4O2S. The van der Waals surface area contributed by atoms with Crippen LogP contribution in [-0.2, 0) is 11.3 Å². The van der Waals surface area contributed by atoms with Crippen molar-refractivity contribution in [2.75, 3.05) is 12.3 Å². The van der Waals surface area contributed by atoms with Gasteiger partial charge in [-0.1, -0.05) is 71.9 Å². The fraction of sp³-hybridized carbons (Fsp3) is 0.304. The molecule has 1 aliphatic rings. The molecule has 0 spiro atoms. The van der Waals surface area contributed by atoms with Crippen molar-refractivity contribution >= 4 is 50.2 Å². The SMILES string of the molecule is CC(C)Cn1c(SCC(=O)N2CCC(c3ccccc3)=N2)nc2ccc(Br)cc2c1=O. The highest BCUT2D eigenvalue weighted by Crippen LogP contribution is 2.23. The average molecular weight is 499 g/mol. The lowest BCUT2D eigenvalue weighted by molar-refractivity contribution is -0.127. The van der Waals surface area contributed by atoms with Gasteiger partial charge in [0.2, 0.25) is 0 Å². The molecule has 0 aliphatic carbocycles. The van der Waals surface area contributed by atoms with Gasteiger partial charge in [-0.25, -0.2) is 9.99 Å². The molecule has 3 aromatic rings. The molecule has 2 aromatic carbocycles. The maximum Gasteiger partial charge on any atom is 0.262 e. The molecule has 31 heavy (non-hydrogen) atoms. The molecule has 0 unspecified atom stereocenters. The van der Waals surface area contributed by atoms with Crippen LogP contribution in [-0.4, -0.2) is 38.5 Å². The van der Waals surface area contributed by atoms with Crippen LogP contribution in [0.25, 0.3) is 10.9 Å². The number of rotatable bonds is 6. The third kappa shape index (κ3) is 4.91. The predicted octanol–water partition coefficient (Wildman–Crippen LogP) is 4.54. The summed E-state index contributed by atoms with van der Waals surface area (Å²) < 4.78 is 2.52. The number of nitrogens with zero attached hydrogens (tertiary/aromatic N) is 4. The molecule has 1 amide bonds. The minimum Gasteiger partial charge on any atom is -0.287 e. The fourth-order valence-corrected chi connectivity index (χ4v) is 4.72. The number of hydrogen-bond acceptors (Lipinski definition) is 5. The van der Waals surface area contributed by atoms with Crippen LogP contribution in [0, 0.1) is 5.92 Å². The van der Waals surface area contributed by atoms with Crippen molar-refractivity contribution in [3.63, 3.8) is 0 Å². The smallest absolute Gasteiger partial charge is 0.262 e. The van der Waals surface area contributed by atoms with Gasteiger partial charge in [-0.05, 0) is 29.7 Å². The first-order chi connectivity index (χ1) is 14.9. The Morgan fingerprint density at radius 1 is 1.19 bits per heavy atom. The molecule has 1 aromatic heterocycles. The highest BCUT2D eigenvalue weighted by molar-refractivity contribution is 9.10. The van der Waals surface area contributed by atoms with E-state index >= 15 is 0 Å². The van der Waals surface area contributed by atoms with Crippen LogP contribution in [0.4, 0.5) is 0 Å². The van der Waals surface area contributed by atoms with E-state index in [4.69, 9.17) is 0 Å². The van der Waals surface area contributed by atoms with Crippen LogP contribution in [0.2, 0.25) is 0 Å². The van der Waals surface area contributed by atoms with Crippen molar-refractivity contribution in [2.45, 2.75) is 32.0 Å². The largest absolute Gasteiger partial charge is 0.287 e. The number of carbonyl (C=O) groups excluding carboxylic acids is 1. The first kappa shape index (κ1) is 21.8. The lowest BCUT2D eigenvalue weighted by Crippen LogP contribution is -2.28. The molecule has 4 rings (SSSR count). The van der Waals surface area contributed by atoms with Gasteiger partial charge < -0.3 is 0 Å². The average Bonchev–Trinajstić information content (AvgIpc) is 3.26. The number of thioether (sulfide) groups is 1. The second-order valence-corrected chi connectivity index (χ2v) is 9.69. The van der Waals surface area contributed by atoms with Crippen molar-refractivity contribution < 1.29 is 4.79 Å². The third-order valence-corrected chi connectivity index (χ3v) is 6.40. The first-order valence-electron chi connectivity index (χ1n) is 10.2. The zero-order chi connectivity index (χ0) is 22.0. The van der Waals surface area contributed by atoms with E-state index < -0.39 is 0 Å². The zero-order valence-electron chi connectivity index (χ0n) is 17.4. The van der Waals surface area contributed by atoms with Gasteiger partial charge in [0.05, 0.1) is 28.9 Å². The summed E-state index contributed by atoms with van der Waals surface area (Å²) in [5.74, 6) is 0.367. The van der Waals surface area contributed by atoms with Crippen molar-refractivity contribution in [2.24, 2.45) is 11.0 Å². The maximum absolute atomic E-state index is 13.1. The second-order valence-electron chi connectivity index (χ2n) is 7.83. The zero-order valence-corrected chi connectivity index (χ0v) is 19.8. The van der Waals surface area contributed by atoms with E-state index in [9.17, 15) is 9.59 Å². The van der Waals surface area contributed by atoms with Gasteiger partial charge in [-0.15, -0.1) is 0 Å². The quantitative estimate of drug-likeness (QED) is 0.369. The van der Waals surface area contributed by atoms with Crippen molar-refractivity contribution in [1.82, 2.24) is 14.6 Å². The van der Waals surface area contributed by atoms with Gasteiger partial charge in [0, 0.05) is 17.4 Å². The van der Waals surface area contributed by atoms with Gasteiger partial charge in [0.1, 0.15) is 0 Å². The number of fused-ring (bicyclic) bond motifs is 1. The van der Waals surface area contributed by atoms with E-state index in [0.29, 0.717) is 29.1 Å². The number of carbonyl (C=O) groups is 1. The van der Waals surface area contributed by atoms with Gasteiger partial charge in [-0.3, -0.25) is 14.2 Å². The van der Waals surface area contributed by atoms with Gasteiger partial charge in [0.25, 0.3) is 11.5 Å². The molecule has 6 nitrogen and oxygen atoms in total.